The zero-order valence-electron chi connectivity index (χ0n) is 17.4. The predicted octanol–water partition coefficient (Wildman–Crippen LogP) is 3.05. The fraction of sp³-hybridized carbons (Fsp3) is 0.381. The van der Waals surface area contributed by atoms with Crippen LogP contribution in [0.4, 0.5) is 0 Å². The van der Waals surface area contributed by atoms with Gasteiger partial charge in [-0.2, -0.15) is 4.31 Å². The van der Waals surface area contributed by atoms with Gasteiger partial charge in [0.05, 0.1) is 24.2 Å². The number of benzene rings is 2. The monoisotopic (exact) mass is 420 g/mol. The van der Waals surface area contributed by atoms with Gasteiger partial charge in [-0.05, 0) is 56.7 Å². The lowest BCUT2D eigenvalue weighted by Crippen LogP contribution is -2.31. The summed E-state index contributed by atoms with van der Waals surface area (Å²) in [5.74, 6) is 0.664. The maximum absolute atomic E-state index is 13.0. The summed E-state index contributed by atoms with van der Waals surface area (Å²) >= 11 is 0. The number of rotatable bonds is 9. The van der Waals surface area contributed by atoms with Gasteiger partial charge in [-0.1, -0.05) is 12.1 Å². The maximum Gasteiger partial charge on any atom is 0.255 e. The van der Waals surface area contributed by atoms with Crippen LogP contribution >= 0.6 is 0 Å². The number of sulfonamides is 1. The lowest BCUT2D eigenvalue weighted by Gasteiger charge is -2.19. The molecule has 2 aromatic carbocycles. The Bertz CT molecular complexity index is 940. The Labute approximate surface area is 172 Å². The van der Waals surface area contributed by atoms with E-state index in [1.54, 1.807) is 12.1 Å². The van der Waals surface area contributed by atoms with E-state index in [2.05, 4.69) is 5.32 Å². The number of carbonyl (C=O) groups excluding carboxylic acids is 1. The molecule has 0 atom stereocenters. The summed E-state index contributed by atoms with van der Waals surface area (Å²) in [6.45, 7) is 6.32. The summed E-state index contributed by atoms with van der Waals surface area (Å²) in [7, 11) is -0.858. The van der Waals surface area contributed by atoms with Gasteiger partial charge >= 0.3 is 0 Å². The van der Waals surface area contributed by atoms with E-state index < -0.39 is 10.0 Å². The second kappa shape index (κ2) is 9.76. The van der Waals surface area contributed by atoms with Crippen LogP contribution in [0.15, 0.2) is 47.4 Å². The molecule has 0 aliphatic heterocycles. The average molecular weight is 421 g/mol. The van der Waals surface area contributed by atoms with Gasteiger partial charge in [0.2, 0.25) is 10.0 Å². The van der Waals surface area contributed by atoms with Gasteiger partial charge in [-0.15, -0.1) is 0 Å². The van der Waals surface area contributed by atoms with Crippen LogP contribution in [0.2, 0.25) is 0 Å². The fourth-order valence-corrected chi connectivity index (χ4v) is 3.93. The van der Waals surface area contributed by atoms with Crippen LogP contribution in [0, 0.1) is 0 Å². The maximum atomic E-state index is 13.0. The number of ether oxygens (including phenoxy) is 2. The topological polar surface area (TPSA) is 84.9 Å². The molecule has 0 heterocycles. The largest absolute Gasteiger partial charge is 0.496 e. The number of nitrogens with zero attached hydrogens (tertiary/aromatic N) is 1. The molecular weight excluding hydrogens is 392 g/mol. The third kappa shape index (κ3) is 5.71. The highest BCUT2D eigenvalue weighted by Gasteiger charge is 2.24. The molecule has 0 aliphatic carbocycles. The molecule has 0 aliphatic rings. The second-order valence-electron chi connectivity index (χ2n) is 6.83. The molecule has 2 aromatic rings. The van der Waals surface area contributed by atoms with Crippen molar-refractivity contribution >= 4 is 15.9 Å². The molecule has 0 bridgehead atoms. The van der Waals surface area contributed by atoms with E-state index >= 15 is 0 Å². The van der Waals surface area contributed by atoms with Gasteiger partial charge in [-0.25, -0.2) is 8.42 Å². The lowest BCUT2D eigenvalue weighted by molar-refractivity contribution is 0.0940. The van der Waals surface area contributed by atoms with Crippen molar-refractivity contribution in [2.45, 2.75) is 38.3 Å². The van der Waals surface area contributed by atoms with E-state index in [1.807, 2.05) is 32.9 Å². The summed E-state index contributed by atoms with van der Waals surface area (Å²) in [5, 5.41) is 2.76. The van der Waals surface area contributed by atoms with E-state index in [9.17, 15) is 13.2 Å². The van der Waals surface area contributed by atoms with Crippen LogP contribution in [0.5, 0.6) is 11.5 Å². The molecule has 0 fully saturated rings. The minimum atomic E-state index is -3.80. The minimum absolute atomic E-state index is 0.0284. The number of methoxy groups -OCH3 is 1. The molecule has 0 saturated carbocycles. The first-order chi connectivity index (χ1) is 13.7. The SMILES string of the molecule is CCOc1ccc(CN(C)S(=O)(=O)c2ccc(OC)c(C(=O)NC(C)C)c2)cc1. The van der Waals surface area contributed by atoms with Gasteiger partial charge in [0.1, 0.15) is 11.5 Å². The van der Waals surface area contributed by atoms with E-state index in [0.717, 1.165) is 11.3 Å². The van der Waals surface area contributed by atoms with Crippen LogP contribution < -0.4 is 14.8 Å². The van der Waals surface area contributed by atoms with Gasteiger partial charge in [0.25, 0.3) is 5.91 Å². The average Bonchev–Trinajstić information content (AvgIpc) is 2.68. The normalized spacial score (nSPS) is 11.6. The van der Waals surface area contributed by atoms with Crippen LogP contribution in [-0.2, 0) is 16.6 Å². The Kier molecular flexibility index (Phi) is 7.64. The Morgan fingerprint density at radius 3 is 2.34 bits per heavy atom. The smallest absolute Gasteiger partial charge is 0.255 e. The predicted molar refractivity (Wildman–Crippen MR) is 112 cm³/mol. The van der Waals surface area contributed by atoms with Gasteiger partial charge in [-0.3, -0.25) is 4.79 Å². The van der Waals surface area contributed by atoms with Gasteiger partial charge < -0.3 is 14.8 Å². The Morgan fingerprint density at radius 1 is 1.14 bits per heavy atom. The van der Waals surface area contributed by atoms with Crippen molar-refractivity contribution in [3.05, 3.63) is 53.6 Å². The summed E-state index contributed by atoms with van der Waals surface area (Å²) in [6, 6.07) is 11.5. The molecule has 0 radical (unpaired) electrons. The van der Waals surface area contributed by atoms with Crippen LogP contribution in [0.25, 0.3) is 0 Å². The number of carbonyl (C=O) groups is 1. The molecule has 1 amide bonds. The molecule has 2 rings (SSSR count). The number of nitrogens with one attached hydrogen (secondary N) is 1. The van der Waals surface area contributed by atoms with Crippen molar-refractivity contribution in [2.75, 3.05) is 20.8 Å². The molecule has 0 saturated heterocycles. The van der Waals surface area contributed by atoms with Crippen molar-refractivity contribution in [3.8, 4) is 11.5 Å². The quantitative estimate of drug-likeness (QED) is 0.674. The lowest BCUT2D eigenvalue weighted by atomic mass is 10.2. The van der Waals surface area contributed by atoms with Gasteiger partial charge in [0.15, 0.2) is 0 Å². The summed E-state index contributed by atoms with van der Waals surface area (Å²) in [5.41, 5.74) is 1.00. The fourth-order valence-electron chi connectivity index (χ4n) is 2.74. The van der Waals surface area contributed by atoms with Crippen LogP contribution in [0.3, 0.4) is 0 Å². The van der Waals surface area contributed by atoms with Crippen molar-refractivity contribution in [1.82, 2.24) is 9.62 Å². The zero-order valence-corrected chi connectivity index (χ0v) is 18.2. The van der Waals surface area contributed by atoms with E-state index in [1.165, 1.54) is 36.7 Å². The Hall–Kier alpha value is -2.58. The molecule has 0 unspecified atom stereocenters. The highest BCUT2D eigenvalue weighted by atomic mass is 32.2. The highest BCUT2D eigenvalue weighted by Crippen LogP contribution is 2.25. The molecule has 0 aromatic heterocycles. The molecule has 7 nitrogen and oxygen atoms in total. The first-order valence-corrected chi connectivity index (χ1v) is 10.8. The zero-order chi connectivity index (χ0) is 21.6. The Balaban J connectivity index is 2.28. The van der Waals surface area contributed by atoms with E-state index in [-0.39, 0.29) is 29.0 Å². The van der Waals surface area contributed by atoms with Crippen molar-refractivity contribution in [2.24, 2.45) is 0 Å². The van der Waals surface area contributed by atoms with Crippen LogP contribution in [0.1, 0.15) is 36.7 Å². The van der Waals surface area contributed by atoms with Crippen molar-refractivity contribution in [1.29, 1.82) is 0 Å². The first-order valence-electron chi connectivity index (χ1n) is 9.36. The number of amides is 1. The molecule has 0 spiro atoms. The third-order valence-electron chi connectivity index (χ3n) is 4.18. The summed E-state index contributed by atoms with van der Waals surface area (Å²) in [6.07, 6.45) is 0. The van der Waals surface area contributed by atoms with Crippen LogP contribution in [-0.4, -0.2) is 45.4 Å². The molecule has 29 heavy (non-hydrogen) atoms. The van der Waals surface area contributed by atoms with E-state index in [4.69, 9.17) is 9.47 Å². The number of hydrogen-bond donors (Lipinski definition) is 1. The minimum Gasteiger partial charge on any atom is -0.496 e. The van der Waals surface area contributed by atoms with E-state index in [0.29, 0.717) is 12.4 Å². The molecular formula is C21H28N2O5S. The van der Waals surface area contributed by atoms with Crippen molar-refractivity contribution < 1.29 is 22.7 Å². The third-order valence-corrected chi connectivity index (χ3v) is 5.98. The summed E-state index contributed by atoms with van der Waals surface area (Å²) < 4.78 is 37.9. The second-order valence-corrected chi connectivity index (χ2v) is 8.87. The van der Waals surface area contributed by atoms with Crippen molar-refractivity contribution in [3.63, 3.8) is 0 Å². The molecule has 8 heteroatoms. The number of hydrogen-bond acceptors (Lipinski definition) is 5. The molecule has 1 N–H and O–H groups in total. The standard InChI is InChI=1S/C21H28N2O5S/c1-6-28-17-9-7-16(8-10-17)14-23(4)29(25,26)18-11-12-20(27-5)19(13-18)21(24)22-15(2)3/h7-13,15H,6,14H2,1-5H3,(H,22,24). The summed E-state index contributed by atoms with van der Waals surface area (Å²) in [4.78, 5) is 12.5. The highest BCUT2D eigenvalue weighted by molar-refractivity contribution is 7.89. The van der Waals surface area contributed by atoms with Gasteiger partial charge in [0, 0.05) is 19.6 Å². The Morgan fingerprint density at radius 2 is 1.79 bits per heavy atom. The molecule has 158 valence electrons. The first kappa shape index (κ1) is 22.7.